The second-order valence-corrected chi connectivity index (χ2v) is 3.73. The van der Waals surface area contributed by atoms with Crippen molar-refractivity contribution < 1.29 is 29.6 Å². The van der Waals surface area contributed by atoms with Gasteiger partial charge in [0.25, 0.3) is 0 Å². The molecule has 0 aromatic heterocycles. The summed E-state index contributed by atoms with van der Waals surface area (Å²) in [6.45, 7) is 1.20. The van der Waals surface area contributed by atoms with E-state index in [4.69, 9.17) is 20.3 Å². The Morgan fingerprint density at radius 2 is 2.00 bits per heavy atom. The fraction of sp³-hybridized carbons (Fsp3) is 0.875. The molecule has 1 saturated heterocycles. The summed E-state index contributed by atoms with van der Waals surface area (Å²) in [4.78, 5) is 10.8. The SMILES string of the molecule is CO[C@@H]1OC([C@](C)(N)C(=O)O)C(O)C1O. The number of methoxy groups -OCH3 is 1. The maximum absolute atomic E-state index is 10.8. The first-order valence-corrected chi connectivity index (χ1v) is 4.39. The lowest BCUT2D eigenvalue weighted by atomic mass is 9.91. The van der Waals surface area contributed by atoms with Crippen molar-refractivity contribution in [3.8, 4) is 0 Å². The molecule has 1 aliphatic rings. The van der Waals surface area contributed by atoms with E-state index in [2.05, 4.69) is 0 Å². The minimum absolute atomic E-state index is 1.06. The van der Waals surface area contributed by atoms with Crippen LogP contribution in [0.5, 0.6) is 0 Å². The van der Waals surface area contributed by atoms with E-state index in [0.717, 1.165) is 0 Å². The van der Waals surface area contributed by atoms with E-state index in [-0.39, 0.29) is 0 Å². The minimum atomic E-state index is -1.78. The molecule has 0 aliphatic carbocycles. The Hall–Kier alpha value is -0.730. The van der Waals surface area contributed by atoms with Gasteiger partial charge in [0.05, 0.1) is 0 Å². The topological polar surface area (TPSA) is 122 Å². The third-order valence-electron chi connectivity index (χ3n) is 2.50. The Labute approximate surface area is 86.4 Å². The number of rotatable bonds is 3. The average Bonchev–Trinajstić information content (AvgIpc) is 2.44. The molecule has 5 atom stereocenters. The first-order chi connectivity index (χ1) is 6.82. The first kappa shape index (κ1) is 12.3. The van der Waals surface area contributed by atoms with Gasteiger partial charge in [-0.15, -0.1) is 0 Å². The molecule has 1 aliphatic heterocycles. The van der Waals surface area contributed by atoms with Gasteiger partial charge in [0.1, 0.15) is 23.9 Å². The molecule has 1 fully saturated rings. The highest BCUT2D eigenvalue weighted by Crippen LogP contribution is 2.28. The predicted octanol–water partition coefficient (Wildman–Crippen LogP) is -2.12. The van der Waals surface area contributed by atoms with Crippen LogP contribution in [0.1, 0.15) is 6.92 Å². The number of nitrogens with two attached hydrogens (primary N) is 1. The lowest BCUT2D eigenvalue weighted by Gasteiger charge is -2.28. The number of carbonyl (C=O) groups is 1. The van der Waals surface area contributed by atoms with Gasteiger partial charge in [-0.3, -0.25) is 4.79 Å². The molecule has 1 rings (SSSR count). The summed E-state index contributed by atoms with van der Waals surface area (Å²) in [5, 5.41) is 27.8. The number of aliphatic hydroxyl groups is 2. The summed E-state index contributed by atoms with van der Waals surface area (Å²) in [6, 6.07) is 0. The second kappa shape index (κ2) is 4.03. The molecule has 0 spiro atoms. The van der Waals surface area contributed by atoms with E-state index in [1.54, 1.807) is 0 Å². The number of aliphatic hydroxyl groups excluding tert-OH is 2. The zero-order valence-electron chi connectivity index (χ0n) is 8.45. The Morgan fingerprint density at radius 3 is 2.33 bits per heavy atom. The number of hydrogen-bond acceptors (Lipinski definition) is 6. The second-order valence-electron chi connectivity index (χ2n) is 3.73. The van der Waals surface area contributed by atoms with Crippen molar-refractivity contribution in [2.45, 2.75) is 37.1 Å². The van der Waals surface area contributed by atoms with E-state index >= 15 is 0 Å². The molecule has 0 radical (unpaired) electrons. The quantitative estimate of drug-likeness (QED) is 0.429. The molecule has 7 nitrogen and oxygen atoms in total. The molecule has 88 valence electrons. The number of ether oxygens (including phenoxy) is 2. The van der Waals surface area contributed by atoms with Gasteiger partial charge in [-0.25, -0.2) is 0 Å². The van der Waals surface area contributed by atoms with Gasteiger partial charge in [0.2, 0.25) is 0 Å². The lowest BCUT2D eigenvalue weighted by molar-refractivity contribution is -0.169. The highest BCUT2D eigenvalue weighted by molar-refractivity contribution is 5.79. The summed E-state index contributed by atoms with van der Waals surface area (Å²) in [7, 11) is 1.28. The van der Waals surface area contributed by atoms with Crippen LogP contribution in [0, 0.1) is 0 Å². The summed E-state index contributed by atoms with van der Waals surface area (Å²) >= 11 is 0. The highest BCUT2D eigenvalue weighted by Gasteiger charge is 2.53. The summed E-state index contributed by atoms with van der Waals surface area (Å²) in [5.41, 5.74) is 3.70. The van der Waals surface area contributed by atoms with Crippen molar-refractivity contribution in [3.63, 3.8) is 0 Å². The molecule has 0 bridgehead atoms. The van der Waals surface area contributed by atoms with Crippen LogP contribution < -0.4 is 5.73 Å². The van der Waals surface area contributed by atoms with Gasteiger partial charge in [-0.05, 0) is 6.92 Å². The van der Waals surface area contributed by atoms with Gasteiger partial charge >= 0.3 is 5.97 Å². The first-order valence-electron chi connectivity index (χ1n) is 4.39. The maximum atomic E-state index is 10.8. The molecule has 0 aromatic rings. The molecule has 0 amide bonds. The van der Waals surface area contributed by atoms with Crippen LogP contribution in [0.15, 0.2) is 0 Å². The van der Waals surface area contributed by atoms with Crippen LogP contribution >= 0.6 is 0 Å². The van der Waals surface area contributed by atoms with Gasteiger partial charge in [-0.2, -0.15) is 0 Å². The van der Waals surface area contributed by atoms with Crippen LogP contribution in [0.4, 0.5) is 0 Å². The van der Waals surface area contributed by atoms with Gasteiger partial charge < -0.3 is 30.5 Å². The maximum Gasteiger partial charge on any atom is 0.326 e. The standard InChI is InChI=1S/C8H15NO6/c1-8(9,7(12)13)5-3(10)4(11)6(14-2)15-5/h3-6,10-11H,9H2,1-2H3,(H,12,13)/t3?,4?,5?,6-,8+/m1/s1. The Balaban J connectivity index is 2.86. The molecule has 0 saturated carbocycles. The summed E-state index contributed by atoms with van der Waals surface area (Å²) in [6.07, 6.45) is -4.97. The molecule has 7 heteroatoms. The summed E-state index contributed by atoms with van der Waals surface area (Å²) < 4.78 is 9.75. The van der Waals surface area contributed by atoms with E-state index < -0.39 is 36.1 Å². The summed E-state index contributed by atoms with van der Waals surface area (Å²) in [5.74, 6) is -1.32. The molecule has 0 aromatic carbocycles. The number of hydrogen-bond donors (Lipinski definition) is 4. The van der Waals surface area contributed by atoms with Crippen molar-refractivity contribution in [2.24, 2.45) is 5.73 Å². The average molecular weight is 221 g/mol. The molecular formula is C8H15NO6. The molecule has 5 N–H and O–H groups in total. The monoisotopic (exact) mass is 221 g/mol. The number of carboxylic acids is 1. The Kier molecular flexibility index (Phi) is 3.31. The van der Waals surface area contributed by atoms with E-state index in [0.29, 0.717) is 0 Å². The van der Waals surface area contributed by atoms with Crippen LogP contribution in [0.25, 0.3) is 0 Å². The zero-order chi connectivity index (χ0) is 11.8. The van der Waals surface area contributed by atoms with Crippen molar-refractivity contribution >= 4 is 5.97 Å². The largest absolute Gasteiger partial charge is 0.480 e. The number of aliphatic carboxylic acids is 1. The lowest BCUT2D eigenvalue weighted by Crippen LogP contribution is -2.59. The Bertz CT molecular complexity index is 256. The van der Waals surface area contributed by atoms with E-state index in [1.807, 2.05) is 0 Å². The van der Waals surface area contributed by atoms with Crippen LogP contribution in [-0.2, 0) is 14.3 Å². The van der Waals surface area contributed by atoms with E-state index in [1.165, 1.54) is 14.0 Å². The van der Waals surface area contributed by atoms with Crippen molar-refractivity contribution in [1.29, 1.82) is 0 Å². The van der Waals surface area contributed by atoms with Crippen LogP contribution in [0.2, 0.25) is 0 Å². The van der Waals surface area contributed by atoms with Gasteiger partial charge in [0, 0.05) is 7.11 Å². The minimum Gasteiger partial charge on any atom is -0.480 e. The molecule has 1 heterocycles. The van der Waals surface area contributed by atoms with Crippen LogP contribution in [0.3, 0.4) is 0 Å². The Morgan fingerprint density at radius 1 is 1.47 bits per heavy atom. The van der Waals surface area contributed by atoms with Crippen molar-refractivity contribution in [2.75, 3.05) is 7.11 Å². The van der Waals surface area contributed by atoms with Crippen molar-refractivity contribution in [1.82, 2.24) is 0 Å². The van der Waals surface area contributed by atoms with Gasteiger partial charge in [0.15, 0.2) is 6.29 Å². The van der Waals surface area contributed by atoms with Crippen molar-refractivity contribution in [3.05, 3.63) is 0 Å². The fourth-order valence-electron chi connectivity index (χ4n) is 1.46. The highest BCUT2D eigenvalue weighted by atomic mass is 16.7. The normalized spacial score (nSPS) is 40.1. The molecular weight excluding hydrogens is 206 g/mol. The predicted molar refractivity (Wildman–Crippen MR) is 47.9 cm³/mol. The fourth-order valence-corrected chi connectivity index (χ4v) is 1.46. The van der Waals surface area contributed by atoms with E-state index in [9.17, 15) is 15.0 Å². The third-order valence-corrected chi connectivity index (χ3v) is 2.50. The van der Waals surface area contributed by atoms with Gasteiger partial charge in [-0.1, -0.05) is 0 Å². The molecule has 15 heavy (non-hydrogen) atoms. The number of carboxylic acid groups (broad SMARTS) is 1. The zero-order valence-corrected chi connectivity index (χ0v) is 8.45. The molecule has 3 unspecified atom stereocenters. The third kappa shape index (κ3) is 1.97. The van der Waals surface area contributed by atoms with Crippen LogP contribution in [-0.4, -0.2) is 58.5 Å². The smallest absolute Gasteiger partial charge is 0.326 e.